The van der Waals surface area contributed by atoms with Gasteiger partial charge in [0, 0.05) is 17.8 Å². The van der Waals surface area contributed by atoms with Crippen molar-refractivity contribution >= 4 is 17.7 Å². The van der Waals surface area contributed by atoms with Crippen LogP contribution in [0.25, 0.3) is 23.0 Å². The highest BCUT2D eigenvalue weighted by Crippen LogP contribution is 2.37. The number of ether oxygens (including phenoxy) is 2. The van der Waals surface area contributed by atoms with Gasteiger partial charge in [0.05, 0.1) is 11.4 Å². The Morgan fingerprint density at radius 1 is 1.25 bits per heavy atom. The van der Waals surface area contributed by atoms with Gasteiger partial charge in [0.1, 0.15) is 5.65 Å². The van der Waals surface area contributed by atoms with E-state index in [0.717, 1.165) is 22.9 Å². The van der Waals surface area contributed by atoms with Crippen molar-refractivity contribution in [1.29, 1.82) is 0 Å². The Bertz CT molecular complexity index is 988. The second-order valence-electron chi connectivity index (χ2n) is 5.52. The summed E-state index contributed by atoms with van der Waals surface area (Å²) in [6.07, 6.45) is 4.60. The Balaban J connectivity index is 1.93. The van der Waals surface area contributed by atoms with Gasteiger partial charge >= 0.3 is 5.97 Å². The summed E-state index contributed by atoms with van der Waals surface area (Å²) in [6.45, 7) is 2.18. The average Bonchev–Trinajstić information content (AvgIpc) is 3.15. The summed E-state index contributed by atoms with van der Waals surface area (Å²) < 4.78 is 12.6. The van der Waals surface area contributed by atoms with Crippen LogP contribution in [0.1, 0.15) is 11.3 Å². The lowest BCUT2D eigenvalue weighted by Gasteiger charge is -2.03. The summed E-state index contributed by atoms with van der Waals surface area (Å²) in [5, 5.41) is 8.97. The van der Waals surface area contributed by atoms with Gasteiger partial charge in [-0.1, -0.05) is 6.07 Å². The van der Waals surface area contributed by atoms with Crippen molar-refractivity contribution in [2.45, 2.75) is 6.92 Å². The molecular weight excluding hydrogens is 308 g/mol. The molecule has 1 aliphatic heterocycles. The summed E-state index contributed by atoms with van der Waals surface area (Å²) in [5.74, 6) is 0.351. The maximum atomic E-state index is 10.9. The molecule has 0 unspecified atom stereocenters. The third-order valence-corrected chi connectivity index (χ3v) is 3.83. The number of benzene rings is 1. The van der Waals surface area contributed by atoms with Crippen molar-refractivity contribution in [1.82, 2.24) is 9.38 Å². The molecule has 0 saturated heterocycles. The van der Waals surface area contributed by atoms with Crippen molar-refractivity contribution in [3.8, 4) is 22.8 Å². The zero-order valence-electron chi connectivity index (χ0n) is 12.9. The maximum Gasteiger partial charge on any atom is 0.328 e. The lowest BCUT2D eigenvalue weighted by Crippen LogP contribution is -1.93. The highest BCUT2D eigenvalue weighted by atomic mass is 16.7. The molecule has 0 fully saturated rings. The van der Waals surface area contributed by atoms with Crippen molar-refractivity contribution in [3.05, 3.63) is 53.9 Å². The first-order valence-electron chi connectivity index (χ1n) is 7.41. The number of aryl methyl sites for hydroxylation is 1. The van der Waals surface area contributed by atoms with Gasteiger partial charge in [-0.05, 0) is 42.8 Å². The topological polar surface area (TPSA) is 73.1 Å². The number of fused-ring (bicyclic) bond motifs is 2. The van der Waals surface area contributed by atoms with Crippen LogP contribution in [0.2, 0.25) is 0 Å². The number of aliphatic carboxylic acids is 1. The Labute approximate surface area is 137 Å². The second kappa shape index (κ2) is 5.42. The summed E-state index contributed by atoms with van der Waals surface area (Å²) >= 11 is 0. The summed E-state index contributed by atoms with van der Waals surface area (Å²) in [4.78, 5) is 15.6. The zero-order chi connectivity index (χ0) is 16.7. The second-order valence-corrected chi connectivity index (χ2v) is 5.52. The maximum absolute atomic E-state index is 10.9. The molecule has 0 atom stereocenters. The van der Waals surface area contributed by atoms with Gasteiger partial charge in [-0.2, -0.15) is 0 Å². The Morgan fingerprint density at radius 2 is 2.08 bits per heavy atom. The number of rotatable bonds is 3. The molecule has 1 aliphatic rings. The number of pyridine rings is 1. The lowest BCUT2D eigenvalue weighted by atomic mass is 10.1. The van der Waals surface area contributed by atoms with E-state index in [1.54, 1.807) is 6.08 Å². The fourth-order valence-electron chi connectivity index (χ4n) is 2.73. The number of imidazole rings is 1. The van der Waals surface area contributed by atoms with E-state index in [0.29, 0.717) is 22.9 Å². The number of carboxylic acids is 1. The molecule has 4 rings (SSSR count). The number of hydrogen-bond donors (Lipinski definition) is 1. The van der Waals surface area contributed by atoms with Gasteiger partial charge in [0.15, 0.2) is 11.5 Å². The van der Waals surface area contributed by atoms with Crippen molar-refractivity contribution in [2.75, 3.05) is 6.79 Å². The van der Waals surface area contributed by atoms with E-state index in [-0.39, 0.29) is 6.79 Å². The molecule has 3 heterocycles. The van der Waals surface area contributed by atoms with Crippen LogP contribution in [0.4, 0.5) is 0 Å². The van der Waals surface area contributed by atoms with E-state index in [2.05, 4.69) is 4.98 Å². The van der Waals surface area contributed by atoms with E-state index < -0.39 is 5.97 Å². The molecule has 0 saturated carbocycles. The minimum Gasteiger partial charge on any atom is -0.478 e. The number of carbonyl (C=O) groups is 1. The van der Waals surface area contributed by atoms with Crippen LogP contribution in [0, 0.1) is 6.92 Å². The number of carboxylic acid groups (broad SMARTS) is 1. The van der Waals surface area contributed by atoms with Crippen molar-refractivity contribution in [3.63, 3.8) is 0 Å². The Morgan fingerprint density at radius 3 is 2.92 bits per heavy atom. The molecule has 0 aliphatic carbocycles. The highest BCUT2D eigenvalue weighted by molar-refractivity contribution is 5.87. The first kappa shape index (κ1) is 14.3. The molecule has 3 aromatic rings. The molecule has 24 heavy (non-hydrogen) atoms. The molecule has 6 heteroatoms. The van der Waals surface area contributed by atoms with Crippen LogP contribution < -0.4 is 9.47 Å². The van der Waals surface area contributed by atoms with Crippen LogP contribution in [0.3, 0.4) is 0 Å². The molecule has 120 valence electrons. The van der Waals surface area contributed by atoms with Gasteiger partial charge in [-0.15, -0.1) is 0 Å². The third kappa shape index (κ3) is 2.38. The summed E-state index contributed by atoms with van der Waals surface area (Å²) in [7, 11) is 0. The predicted molar refractivity (Wildman–Crippen MR) is 88.2 cm³/mol. The summed E-state index contributed by atoms with van der Waals surface area (Å²) in [6, 6.07) is 9.45. The first-order chi connectivity index (χ1) is 11.6. The van der Waals surface area contributed by atoms with E-state index in [1.807, 2.05) is 47.9 Å². The normalized spacial score (nSPS) is 13.0. The molecule has 2 aromatic heterocycles. The van der Waals surface area contributed by atoms with Gasteiger partial charge < -0.3 is 14.6 Å². The number of nitrogens with zero attached hydrogens (tertiary/aromatic N) is 2. The van der Waals surface area contributed by atoms with Crippen molar-refractivity contribution in [2.24, 2.45) is 0 Å². The molecule has 1 N–H and O–H groups in total. The Kier molecular flexibility index (Phi) is 3.23. The van der Waals surface area contributed by atoms with Crippen LogP contribution >= 0.6 is 0 Å². The van der Waals surface area contributed by atoms with Gasteiger partial charge in [-0.3, -0.25) is 4.40 Å². The molecular formula is C18H14N2O4. The fraction of sp³-hybridized carbons (Fsp3) is 0.111. The fourth-order valence-corrected chi connectivity index (χ4v) is 2.73. The molecule has 1 aromatic carbocycles. The highest BCUT2D eigenvalue weighted by Gasteiger charge is 2.18. The van der Waals surface area contributed by atoms with E-state index in [9.17, 15) is 4.79 Å². The van der Waals surface area contributed by atoms with Gasteiger partial charge in [0.2, 0.25) is 6.79 Å². The Hall–Kier alpha value is -3.28. The van der Waals surface area contributed by atoms with Crippen LogP contribution in [0.5, 0.6) is 11.5 Å². The van der Waals surface area contributed by atoms with E-state index in [4.69, 9.17) is 14.6 Å². The minimum absolute atomic E-state index is 0.203. The number of aromatic nitrogens is 2. The van der Waals surface area contributed by atoms with Gasteiger partial charge in [0.25, 0.3) is 0 Å². The lowest BCUT2D eigenvalue weighted by molar-refractivity contribution is -0.131. The predicted octanol–water partition coefficient (Wildman–Crippen LogP) is 3.14. The standard InChI is InChI=1S/C18H14N2O4/c1-11-2-6-16-19-18(13(20(16)9-11)4-7-17(21)22)12-3-5-14-15(8-12)24-10-23-14/h2-9H,10H2,1H3,(H,21,22)/b7-4+. The quantitative estimate of drug-likeness (QED) is 0.750. The largest absolute Gasteiger partial charge is 0.478 e. The van der Waals surface area contributed by atoms with E-state index >= 15 is 0 Å². The first-order valence-corrected chi connectivity index (χ1v) is 7.41. The third-order valence-electron chi connectivity index (χ3n) is 3.83. The van der Waals surface area contributed by atoms with Crippen LogP contribution in [-0.2, 0) is 4.79 Å². The molecule has 0 spiro atoms. The summed E-state index contributed by atoms with van der Waals surface area (Å²) in [5.41, 5.74) is 4.04. The van der Waals surface area contributed by atoms with Gasteiger partial charge in [-0.25, -0.2) is 9.78 Å². The zero-order valence-corrected chi connectivity index (χ0v) is 12.9. The van der Waals surface area contributed by atoms with E-state index in [1.165, 1.54) is 0 Å². The number of hydrogen-bond acceptors (Lipinski definition) is 4. The van der Waals surface area contributed by atoms with Crippen molar-refractivity contribution < 1.29 is 19.4 Å². The molecule has 0 radical (unpaired) electrons. The molecule has 0 bridgehead atoms. The minimum atomic E-state index is -1.01. The monoisotopic (exact) mass is 322 g/mol. The SMILES string of the molecule is Cc1ccc2nc(-c3ccc4c(c3)OCO4)c(/C=C/C(=O)O)n2c1. The smallest absolute Gasteiger partial charge is 0.328 e. The molecule has 6 nitrogen and oxygen atoms in total. The average molecular weight is 322 g/mol. The van der Waals surface area contributed by atoms with Crippen LogP contribution in [0.15, 0.2) is 42.6 Å². The van der Waals surface area contributed by atoms with Crippen LogP contribution in [-0.4, -0.2) is 27.3 Å². The molecule has 0 amide bonds.